The first kappa shape index (κ1) is 12.0. The molecule has 0 bridgehead atoms. The molecule has 1 aromatic carbocycles. The summed E-state index contributed by atoms with van der Waals surface area (Å²) in [6.07, 6.45) is 0. The Morgan fingerprint density at radius 3 is 2.60 bits per heavy atom. The first-order valence-corrected chi connectivity index (χ1v) is 5.04. The van der Waals surface area contributed by atoms with E-state index in [0.717, 1.165) is 5.56 Å². The van der Waals surface area contributed by atoms with Gasteiger partial charge in [0.1, 0.15) is 12.6 Å². The van der Waals surface area contributed by atoms with E-state index in [-0.39, 0.29) is 12.6 Å². The molecule has 0 heterocycles. The summed E-state index contributed by atoms with van der Waals surface area (Å²) in [5.74, 6) is -0.323. The Hall–Kier alpha value is -1.06. The average Bonchev–Trinajstić information content (AvgIpc) is 2.26. The SMILES string of the molecule is C[C@@H](C(=O)OCc1ccccc1)N(C)Cl. The Morgan fingerprint density at radius 1 is 1.47 bits per heavy atom. The van der Waals surface area contributed by atoms with E-state index in [1.165, 1.54) is 4.42 Å². The van der Waals surface area contributed by atoms with Crippen molar-refractivity contribution in [2.75, 3.05) is 7.05 Å². The average molecular weight is 228 g/mol. The van der Waals surface area contributed by atoms with Crippen LogP contribution in [0.2, 0.25) is 0 Å². The van der Waals surface area contributed by atoms with Crippen molar-refractivity contribution in [3.05, 3.63) is 35.9 Å². The van der Waals surface area contributed by atoms with Crippen molar-refractivity contribution < 1.29 is 9.53 Å². The molecule has 15 heavy (non-hydrogen) atoms. The highest BCUT2D eigenvalue weighted by molar-refractivity contribution is 6.14. The molecule has 82 valence electrons. The molecule has 0 aromatic heterocycles. The molecule has 0 aliphatic rings. The third-order valence-corrected chi connectivity index (χ3v) is 2.39. The van der Waals surface area contributed by atoms with Crippen LogP contribution in [0.4, 0.5) is 0 Å². The monoisotopic (exact) mass is 227 g/mol. The van der Waals surface area contributed by atoms with Crippen molar-refractivity contribution in [3.8, 4) is 0 Å². The molecule has 0 N–H and O–H groups in total. The van der Waals surface area contributed by atoms with Crippen LogP contribution in [-0.2, 0) is 16.1 Å². The topological polar surface area (TPSA) is 29.5 Å². The standard InChI is InChI=1S/C11H14ClNO2/c1-9(13(2)12)11(14)15-8-10-6-4-3-5-7-10/h3-7,9H,8H2,1-2H3/t9-/m0/s1. The predicted octanol–water partition coefficient (Wildman–Crippen LogP) is 2.20. The largest absolute Gasteiger partial charge is 0.460 e. The maximum atomic E-state index is 11.4. The van der Waals surface area contributed by atoms with Crippen molar-refractivity contribution in [1.29, 1.82) is 0 Å². The molecule has 0 fully saturated rings. The summed E-state index contributed by atoms with van der Waals surface area (Å²) in [5.41, 5.74) is 0.968. The molecule has 0 spiro atoms. The number of carbonyl (C=O) groups excluding carboxylic acids is 1. The Labute approximate surface area is 94.7 Å². The van der Waals surface area contributed by atoms with Crippen molar-refractivity contribution in [2.24, 2.45) is 0 Å². The van der Waals surface area contributed by atoms with Crippen LogP contribution >= 0.6 is 11.8 Å². The molecule has 0 aliphatic carbocycles. The highest BCUT2D eigenvalue weighted by Crippen LogP contribution is 2.05. The molecule has 4 heteroatoms. The van der Waals surface area contributed by atoms with Gasteiger partial charge in [-0.05, 0) is 24.3 Å². The molecule has 1 aromatic rings. The van der Waals surface area contributed by atoms with Gasteiger partial charge in [-0.3, -0.25) is 4.79 Å². The van der Waals surface area contributed by atoms with Crippen LogP contribution in [0.25, 0.3) is 0 Å². The maximum Gasteiger partial charge on any atom is 0.324 e. The number of hydrogen-bond acceptors (Lipinski definition) is 3. The highest BCUT2D eigenvalue weighted by atomic mass is 35.5. The van der Waals surface area contributed by atoms with Gasteiger partial charge in [-0.25, -0.2) is 4.42 Å². The Kier molecular flexibility index (Phi) is 4.59. The molecule has 0 amide bonds. The number of esters is 1. The summed E-state index contributed by atoms with van der Waals surface area (Å²) in [5, 5.41) is 0. The molecular weight excluding hydrogens is 214 g/mol. The zero-order valence-electron chi connectivity index (χ0n) is 8.81. The summed E-state index contributed by atoms with van der Waals surface area (Å²) < 4.78 is 6.39. The number of ether oxygens (including phenoxy) is 1. The first-order valence-electron chi connectivity index (χ1n) is 4.70. The van der Waals surface area contributed by atoms with E-state index >= 15 is 0 Å². The number of nitrogens with zero attached hydrogens (tertiary/aromatic N) is 1. The minimum atomic E-state index is -0.435. The smallest absolute Gasteiger partial charge is 0.324 e. The van der Waals surface area contributed by atoms with E-state index in [1.54, 1.807) is 14.0 Å². The van der Waals surface area contributed by atoms with Crippen molar-refractivity contribution in [3.63, 3.8) is 0 Å². The quantitative estimate of drug-likeness (QED) is 0.584. The highest BCUT2D eigenvalue weighted by Gasteiger charge is 2.17. The molecule has 0 unspecified atom stereocenters. The lowest BCUT2D eigenvalue weighted by Gasteiger charge is -2.15. The van der Waals surface area contributed by atoms with E-state index in [2.05, 4.69) is 0 Å². The van der Waals surface area contributed by atoms with Gasteiger partial charge in [0.2, 0.25) is 0 Å². The summed E-state index contributed by atoms with van der Waals surface area (Å²) >= 11 is 5.64. The number of rotatable bonds is 4. The van der Waals surface area contributed by atoms with E-state index in [0.29, 0.717) is 0 Å². The van der Waals surface area contributed by atoms with E-state index < -0.39 is 6.04 Å². The Balaban J connectivity index is 2.41. The summed E-state index contributed by atoms with van der Waals surface area (Å²) in [6, 6.07) is 9.10. The van der Waals surface area contributed by atoms with Crippen LogP contribution in [0.15, 0.2) is 30.3 Å². The first-order chi connectivity index (χ1) is 7.11. The zero-order chi connectivity index (χ0) is 11.3. The summed E-state index contributed by atoms with van der Waals surface area (Å²) in [7, 11) is 1.62. The van der Waals surface area contributed by atoms with Gasteiger partial charge in [-0.1, -0.05) is 30.3 Å². The van der Waals surface area contributed by atoms with Gasteiger partial charge in [0.05, 0.1) is 0 Å². The lowest BCUT2D eigenvalue weighted by Crippen LogP contribution is -2.30. The number of likely N-dealkylation sites (N-methyl/N-ethyl adjacent to an activating group) is 1. The normalized spacial score (nSPS) is 12.5. The van der Waals surface area contributed by atoms with Crippen molar-refractivity contribution >= 4 is 17.7 Å². The van der Waals surface area contributed by atoms with Crippen LogP contribution in [0.1, 0.15) is 12.5 Å². The fourth-order valence-electron chi connectivity index (χ4n) is 0.995. The number of benzene rings is 1. The van der Waals surface area contributed by atoms with Crippen LogP contribution in [-0.4, -0.2) is 23.5 Å². The van der Waals surface area contributed by atoms with Gasteiger partial charge >= 0.3 is 5.97 Å². The molecule has 3 nitrogen and oxygen atoms in total. The van der Waals surface area contributed by atoms with Gasteiger partial charge in [-0.2, -0.15) is 0 Å². The second-order valence-electron chi connectivity index (χ2n) is 3.29. The zero-order valence-corrected chi connectivity index (χ0v) is 9.57. The van der Waals surface area contributed by atoms with Crippen molar-refractivity contribution in [2.45, 2.75) is 19.6 Å². The Bertz CT molecular complexity index is 314. The minimum Gasteiger partial charge on any atom is -0.460 e. The molecule has 0 saturated carbocycles. The molecular formula is C11H14ClNO2. The Morgan fingerprint density at radius 2 is 2.07 bits per heavy atom. The third kappa shape index (κ3) is 3.90. The molecule has 1 rings (SSSR count). The van der Waals surface area contributed by atoms with E-state index in [1.807, 2.05) is 30.3 Å². The molecule has 0 saturated heterocycles. The molecule has 1 atom stereocenters. The number of halogens is 1. The second-order valence-corrected chi connectivity index (χ2v) is 3.83. The van der Waals surface area contributed by atoms with Gasteiger partial charge in [0.15, 0.2) is 0 Å². The van der Waals surface area contributed by atoms with Crippen molar-refractivity contribution in [1.82, 2.24) is 4.42 Å². The predicted molar refractivity (Wildman–Crippen MR) is 59.3 cm³/mol. The van der Waals surface area contributed by atoms with Crippen LogP contribution in [0.5, 0.6) is 0 Å². The summed E-state index contributed by atoms with van der Waals surface area (Å²) in [6.45, 7) is 1.98. The third-order valence-electron chi connectivity index (χ3n) is 2.10. The van der Waals surface area contributed by atoms with E-state index in [9.17, 15) is 4.79 Å². The van der Waals surface area contributed by atoms with Gasteiger partial charge in [0.25, 0.3) is 0 Å². The fourth-order valence-corrected chi connectivity index (χ4v) is 1.07. The van der Waals surface area contributed by atoms with E-state index in [4.69, 9.17) is 16.5 Å². The van der Waals surface area contributed by atoms with Gasteiger partial charge in [0, 0.05) is 7.05 Å². The second kappa shape index (κ2) is 5.73. The van der Waals surface area contributed by atoms with Crippen LogP contribution in [0, 0.1) is 0 Å². The molecule has 0 aliphatic heterocycles. The minimum absolute atomic E-state index is 0.286. The van der Waals surface area contributed by atoms with Crippen LogP contribution < -0.4 is 0 Å². The fraction of sp³-hybridized carbons (Fsp3) is 0.364. The van der Waals surface area contributed by atoms with Crippen LogP contribution in [0.3, 0.4) is 0 Å². The van der Waals surface area contributed by atoms with Gasteiger partial charge in [-0.15, -0.1) is 0 Å². The lowest BCUT2D eigenvalue weighted by atomic mass is 10.2. The summed E-state index contributed by atoms with van der Waals surface area (Å²) in [4.78, 5) is 11.4. The molecule has 0 radical (unpaired) electrons. The lowest BCUT2D eigenvalue weighted by molar-refractivity contribution is -0.148. The number of carbonyl (C=O) groups is 1. The maximum absolute atomic E-state index is 11.4. The number of hydrogen-bond donors (Lipinski definition) is 0. The van der Waals surface area contributed by atoms with Gasteiger partial charge < -0.3 is 4.74 Å².